The molecule has 4 N–H and O–H groups in total. The number of rotatable bonds is 10. The summed E-state index contributed by atoms with van der Waals surface area (Å²) in [5.41, 5.74) is 7.51. The smallest absolute Gasteiger partial charge is 0.251 e. The van der Waals surface area contributed by atoms with Crippen LogP contribution in [0.2, 0.25) is 0 Å². The second kappa shape index (κ2) is 15.2. The van der Waals surface area contributed by atoms with E-state index in [4.69, 9.17) is 4.74 Å². The third kappa shape index (κ3) is 8.55. The predicted octanol–water partition coefficient (Wildman–Crippen LogP) is 2.01. The van der Waals surface area contributed by atoms with Gasteiger partial charge in [0.15, 0.2) is 0 Å². The number of hydrogen-bond donors (Lipinski definition) is 4. The quantitative estimate of drug-likeness (QED) is 0.312. The van der Waals surface area contributed by atoms with Crippen molar-refractivity contribution in [3.63, 3.8) is 0 Å². The van der Waals surface area contributed by atoms with Gasteiger partial charge in [0.05, 0.1) is 19.1 Å². The lowest BCUT2D eigenvalue weighted by molar-refractivity contribution is -0.129. The van der Waals surface area contributed by atoms with E-state index in [0.717, 1.165) is 95.8 Å². The minimum atomic E-state index is -0.228. The zero-order valence-electron chi connectivity index (χ0n) is 28.0. The highest BCUT2D eigenvalue weighted by Gasteiger charge is 2.33. The van der Waals surface area contributed by atoms with Gasteiger partial charge in [-0.3, -0.25) is 24.7 Å². The van der Waals surface area contributed by atoms with E-state index >= 15 is 0 Å². The first kappa shape index (κ1) is 33.6. The number of morpholine rings is 1. The average Bonchev–Trinajstić information content (AvgIpc) is 3.49. The number of carbonyl (C=O) groups excluding carboxylic acids is 3. The number of amides is 3. The zero-order chi connectivity index (χ0) is 32.1. The summed E-state index contributed by atoms with van der Waals surface area (Å²) in [4.78, 5) is 43.0. The largest absolute Gasteiger partial charge is 0.379 e. The van der Waals surface area contributed by atoms with Gasteiger partial charge in [0.2, 0.25) is 11.8 Å². The fraction of sp³-hybridized carbons (Fsp3) is 0.735. The molecule has 1 aromatic carbocycles. The monoisotopic (exact) mass is 625 g/mol. The summed E-state index contributed by atoms with van der Waals surface area (Å²) in [6.07, 6.45) is 4.79. The molecular weight excluding hydrogens is 570 g/mol. The van der Waals surface area contributed by atoms with Crippen LogP contribution in [0.15, 0.2) is 12.1 Å². The molecule has 250 valence electrons. The lowest BCUT2D eigenvalue weighted by Gasteiger charge is -2.37. The number of hydrogen-bond acceptors (Lipinski definition) is 8. The van der Waals surface area contributed by atoms with Gasteiger partial charge in [-0.1, -0.05) is 6.92 Å². The summed E-state index contributed by atoms with van der Waals surface area (Å²) in [5, 5.41) is 11.6. The maximum absolute atomic E-state index is 13.8. The lowest BCUT2D eigenvalue weighted by atomic mass is 9.84. The minimum absolute atomic E-state index is 0.0245. The summed E-state index contributed by atoms with van der Waals surface area (Å²) in [6.45, 7) is 15.3. The van der Waals surface area contributed by atoms with Gasteiger partial charge in [-0.15, -0.1) is 0 Å². The van der Waals surface area contributed by atoms with Crippen LogP contribution in [0.3, 0.4) is 0 Å². The first-order valence-electron chi connectivity index (χ1n) is 17.1. The number of nitrogens with one attached hydrogen (secondary N) is 4. The molecule has 3 heterocycles. The molecule has 4 fully saturated rings. The third-order valence-corrected chi connectivity index (χ3v) is 10.6. The highest BCUT2D eigenvalue weighted by atomic mass is 16.5. The van der Waals surface area contributed by atoms with Crippen LogP contribution in [0.4, 0.5) is 5.69 Å². The summed E-state index contributed by atoms with van der Waals surface area (Å²) in [6, 6.07) is 5.11. The molecule has 0 bridgehead atoms. The van der Waals surface area contributed by atoms with E-state index in [1.165, 1.54) is 5.56 Å². The van der Waals surface area contributed by atoms with Crippen molar-refractivity contribution in [3.05, 3.63) is 28.8 Å². The fourth-order valence-electron chi connectivity index (χ4n) is 7.75. The Balaban J connectivity index is 1.32. The van der Waals surface area contributed by atoms with Crippen molar-refractivity contribution < 1.29 is 19.1 Å². The highest BCUT2D eigenvalue weighted by molar-refractivity contribution is 5.98. The molecule has 11 nitrogen and oxygen atoms in total. The van der Waals surface area contributed by atoms with Gasteiger partial charge in [-0.05, 0) is 75.1 Å². The van der Waals surface area contributed by atoms with Crippen molar-refractivity contribution in [2.24, 2.45) is 11.8 Å². The Morgan fingerprint density at radius 1 is 1.09 bits per heavy atom. The Bertz CT molecular complexity index is 1200. The van der Waals surface area contributed by atoms with E-state index in [2.05, 4.69) is 62.3 Å². The van der Waals surface area contributed by atoms with E-state index < -0.39 is 0 Å². The Labute approximate surface area is 269 Å². The molecule has 3 aliphatic heterocycles. The summed E-state index contributed by atoms with van der Waals surface area (Å²) < 4.78 is 5.50. The molecular formula is C34H55N7O4. The first-order valence-corrected chi connectivity index (χ1v) is 17.1. The fourth-order valence-corrected chi connectivity index (χ4v) is 7.75. The van der Waals surface area contributed by atoms with E-state index in [-0.39, 0.29) is 47.6 Å². The predicted molar refractivity (Wildman–Crippen MR) is 176 cm³/mol. The van der Waals surface area contributed by atoms with E-state index in [9.17, 15) is 14.4 Å². The van der Waals surface area contributed by atoms with Gasteiger partial charge < -0.3 is 25.6 Å². The number of nitrogens with zero attached hydrogens (tertiary/aromatic N) is 3. The Morgan fingerprint density at radius 3 is 2.51 bits per heavy atom. The van der Waals surface area contributed by atoms with Gasteiger partial charge in [0, 0.05) is 95.1 Å². The second-order valence-corrected chi connectivity index (χ2v) is 13.9. The van der Waals surface area contributed by atoms with Crippen LogP contribution in [0.25, 0.3) is 0 Å². The van der Waals surface area contributed by atoms with Crippen molar-refractivity contribution in [2.45, 2.75) is 83.8 Å². The van der Waals surface area contributed by atoms with Gasteiger partial charge in [0.25, 0.3) is 5.91 Å². The van der Waals surface area contributed by atoms with Crippen LogP contribution >= 0.6 is 0 Å². The molecule has 0 aromatic heterocycles. The molecule has 5 rings (SSSR count). The van der Waals surface area contributed by atoms with Crippen LogP contribution in [0.1, 0.15) is 80.3 Å². The van der Waals surface area contributed by atoms with Crippen LogP contribution in [0, 0.1) is 18.8 Å². The molecule has 0 radical (unpaired) electrons. The van der Waals surface area contributed by atoms with Crippen LogP contribution < -0.4 is 26.3 Å². The highest BCUT2D eigenvalue weighted by Crippen LogP contribution is 2.34. The van der Waals surface area contributed by atoms with Crippen molar-refractivity contribution in [2.75, 3.05) is 71.0 Å². The number of piperidine rings is 1. The maximum atomic E-state index is 13.8. The molecule has 11 heteroatoms. The van der Waals surface area contributed by atoms with Gasteiger partial charge in [0.1, 0.15) is 0 Å². The van der Waals surface area contributed by atoms with Crippen molar-refractivity contribution in [1.82, 2.24) is 31.3 Å². The summed E-state index contributed by atoms with van der Waals surface area (Å²) >= 11 is 0. The van der Waals surface area contributed by atoms with Crippen LogP contribution in [-0.4, -0.2) is 112 Å². The Kier molecular flexibility index (Phi) is 11.4. The van der Waals surface area contributed by atoms with Crippen LogP contribution in [0.5, 0.6) is 0 Å². The first-order chi connectivity index (χ1) is 21.6. The van der Waals surface area contributed by atoms with E-state index in [1.54, 1.807) is 6.92 Å². The summed E-state index contributed by atoms with van der Waals surface area (Å²) in [5.74, 6) is 0.181. The Morgan fingerprint density at radius 2 is 1.82 bits per heavy atom. The van der Waals surface area contributed by atoms with E-state index in [0.29, 0.717) is 18.2 Å². The molecule has 4 unspecified atom stereocenters. The number of carbonyl (C=O) groups is 3. The van der Waals surface area contributed by atoms with Gasteiger partial charge in [-0.2, -0.15) is 0 Å². The third-order valence-electron chi connectivity index (χ3n) is 10.6. The molecule has 1 aliphatic carbocycles. The molecule has 3 saturated heterocycles. The number of hydrazine groups is 1. The molecule has 1 saturated carbocycles. The van der Waals surface area contributed by atoms with Crippen molar-refractivity contribution in [3.8, 4) is 0 Å². The summed E-state index contributed by atoms with van der Waals surface area (Å²) in [7, 11) is 2.15. The second-order valence-electron chi connectivity index (χ2n) is 13.9. The number of ether oxygens (including phenoxy) is 1. The molecule has 4 aliphatic rings. The van der Waals surface area contributed by atoms with Gasteiger partial charge >= 0.3 is 0 Å². The van der Waals surface area contributed by atoms with Gasteiger partial charge in [-0.25, -0.2) is 5.01 Å². The normalized spacial score (nSPS) is 29.7. The van der Waals surface area contributed by atoms with Crippen molar-refractivity contribution >= 4 is 23.4 Å². The molecule has 0 spiro atoms. The topological polar surface area (TPSA) is 118 Å². The minimum Gasteiger partial charge on any atom is -0.379 e. The number of benzene rings is 1. The number of anilines is 1. The van der Waals surface area contributed by atoms with E-state index in [1.807, 2.05) is 13.8 Å². The standard InChI is InChI=1S/C34H55N7O4/c1-22-16-23(2)37-34(44)31(22)20-35-33(43)30-17-26(27-19-36-41(21-27)11-10-40-12-14-45-15-13-40)18-32(24(30)3)39(5)29-8-6-28(7-9-29)38-25(4)42/h17-18,22-23,27-29,31,36H,6-16,19-21H2,1-5H3,(H,35,43)(H,37,44)(H,38,42)/t22?,23?,27?,28-,29-,31?. The molecule has 3 amide bonds. The average molecular weight is 626 g/mol. The van der Waals surface area contributed by atoms with Crippen molar-refractivity contribution in [1.29, 1.82) is 0 Å². The van der Waals surface area contributed by atoms with Crippen LogP contribution in [-0.2, 0) is 14.3 Å². The Hall–Kier alpha value is -2.73. The SMILES string of the molecule is CC(=O)N[C@H]1CC[C@H](N(C)c2cc(C3CNN(CCN4CCOCC4)C3)cc(C(=O)NCC3C(=O)NC(C)CC3C)c2C)CC1. The molecule has 4 atom stereocenters. The zero-order valence-corrected chi connectivity index (χ0v) is 28.0. The molecule has 1 aromatic rings. The maximum Gasteiger partial charge on any atom is 0.251 e. The lowest BCUT2D eigenvalue weighted by Crippen LogP contribution is -2.50. The molecule has 45 heavy (non-hydrogen) atoms.